The Kier molecular flexibility index (Phi) is 4.95. The average molecular weight is 309 g/mol. The highest BCUT2D eigenvalue weighted by Gasteiger charge is 2.11. The van der Waals surface area contributed by atoms with Crippen molar-refractivity contribution in [3.05, 3.63) is 58.1 Å². The summed E-state index contributed by atoms with van der Waals surface area (Å²) in [7, 11) is 0. The third-order valence-corrected chi connectivity index (χ3v) is 3.87. The molecular weight excluding hydrogens is 291 g/mol. The number of para-hydroxylation sites is 1. The number of benzene rings is 2. The maximum atomic E-state index is 6.23. The summed E-state index contributed by atoms with van der Waals surface area (Å²) in [5.41, 5.74) is 3.22. The summed E-state index contributed by atoms with van der Waals surface area (Å²) in [6.45, 7) is 6.35. The van der Waals surface area contributed by atoms with Crippen molar-refractivity contribution in [1.29, 1.82) is 0 Å². The van der Waals surface area contributed by atoms with Gasteiger partial charge < -0.3 is 4.74 Å². The minimum absolute atomic E-state index is 0.374. The van der Waals surface area contributed by atoms with Crippen LogP contribution in [0.15, 0.2) is 36.4 Å². The summed E-state index contributed by atoms with van der Waals surface area (Å²) < 4.78 is 6.04. The molecule has 1 nitrogen and oxygen atoms in total. The molecule has 0 saturated heterocycles. The Hall–Kier alpha value is -1.18. The molecule has 2 aromatic rings. The zero-order valence-electron chi connectivity index (χ0n) is 11.9. The molecule has 0 aromatic heterocycles. The van der Waals surface area contributed by atoms with Crippen molar-refractivity contribution in [3.63, 3.8) is 0 Å². The van der Waals surface area contributed by atoms with Crippen LogP contribution in [0.1, 0.15) is 36.5 Å². The Labute approximate surface area is 130 Å². The Morgan fingerprint density at radius 3 is 2.55 bits per heavy atom. The zero-order valence-corrected chi connectivity index (χ0v) is 13.4. The Morgan fingerprint density at radius 2 is 1.90 bits per heavy atom. The molecule has 0 amide bonds. The lowest BCUT2D eigenvalue weighted by molar-refractivity contribution is 0.474. The minimum Gasteiger partial charge on any atom is -0.455 e. The first-order valence-electron chi connectivity index (χ1n) is 6.64. The van der Waals surface area contributed by atoms with Crippen LogP contribution in [0.2, 0.25) is 5.02 Å². The lowest BCUT2D eigenvalue weighted by atomic mass is 10.0. The first-order valence-corrected chi connectivity index (χ1v) is 7.56. The number of hydrogen-bond acceptors (Lipinski definition) is 1. The smallest absolute Gasteiger partial charge is 0.150 e. The van der Waals surface area contributed by atoms with E-state index >= 15 is 0 Å². The molecule has 0 radical (unpaired) electrons. The number of halogens is 2. The fraction of sp³-hybridized carbons (Fsp3) is 0.294. The summed E-state index contributed by atoms with van der Waals surface area (Å²) in [6, 6.07) is 11.9. The highest BCUT2D eigenvalue weighted by molar-refractivity contribution is 6.32. The summed E-state index contributed by atoms with van der Waals surface area (Å²) in [4.78, 5) is 0. The van der Waals surface area contributed by atoms with Gasteiger partial charge in [0.25, 0.3) is 0 Å². The highest BCUT2D eigenvalue weighted by atomic mass is 35.5. The van der Waals surface area contributed by atoms with Gasteiger partial charge in [-0.15, -0.1) is 11.6 Å². The second-order valence-electron chi connectivity index (χ2n) is 5.14. The maximum Gasteiger partial charge on any atom is 0.150 e. The first-order chi connectivity index (χ1) is 9.52. The van der Waals surface area contributed by atoms with Crippen molar-refractivity contribution in [3.8, 4) is 11.5 Å². The zero-order chi connectivity index (χ0) is 14.7. The normalized spacial score (nSPS) is 10.9. The molecule has 0 fully saturated rings. The van der Waals surface area contributed by atoms with Crippen LogP contribution < -0.4 is 4.74 Å². The van der Waals surface area contributed by atoms with Crippen LogP contribution in [0.3, 0.4) is 0 Å². The van der Waals surface area contributed by atoms with Gasteiger partial charge in [-0.25, -0.2) is 0 Å². The van der Waals surface area contributed by atoms with Gasteiger partial charge in [0.2, 0.25) is 0 Å². The average Bonchev–Trinajstić information content (AvgIpc) is 2.42. The van der Waals surface area contributed by atoms with E-state index < -0.39 is 0 Å². The molecule has 2 aromatic carbocycles. The molecule has 0 aliphatic rings. The molecule has 106 valence electrons. The van der Waals surface area contributed by atoms with E-state index in [0.29, 0.717) is 22.6 Å². The van der Waals surface area contributed by atoms with Crippen molar-refractivity contribution < 1.29 is 4.74 Å². The van der Waals surface area contributed by atoms with Gasteiger partial charge in [0, 0.05) is 5.56 Å². The van der Waals surface area contributed by atoms with Crippen molar-refractivity contribution in [1.82, 2.24) is 0 Å². The maximum absolute atomic E-state index is 6.23. The number of aryl methyl sites for hydroxylation is 1. The Morgan fingerprint density at radius 1 is 1.15 bits per heavy atom. The van der Waals surface area contributed by atoms with Crippen LogP contribution >= 0.6 is 23.2 Å². The number of rotatable bonds is 4. The van der Waals surface area contributed by atoms with Crippen molar-refractivity contribution in [2.45, 2.75) is 32.6 Å². The van der Waals surface area contributed by atoms with Gasteiger partial charge in [0.1, 0.15) is 11.5 Å². The SMILES string of the molecule is Cc1ccc(C(C)C)cc1Oc1c(Cl)cccc1CCl. The van der Waals surface area contributed by atoms with E-state index in [4.69, 9.17) is 27.9 Å². The van der Waals surface area contributed by atoms with E-state index in [2.05, 4.69) is 32.0 Å². The van der Waals surface area contributed by atoms with Crippen LogP contribution in [-0.2, 0) is 5.88 Å². The van der Waals surface area contributed by atoms with Crippen LogP contribution in [-0.4, -0.2) is 0 Å². The first kappa shape index (κ1) is 15.2. The van der Waals surface area contributed by atoms with Gasteiger partial charge in [0.15, 0.2) is 0 Å². The van der Waals surface area contributed by atoms with Gasteiger partial charge >= 0.3 is 0 Å². The molecule has 0 spiro atoms. The molecular formula is C17H18Cl2O. The Bertz CT molecular complexity index is 606. The molecule has 3 heteroatoms. The van der Waals surface area contributed by atoms with E-state index in [1.807, 2.05) is 25.1 Å². The summed E-state index contributed by atoms with van der Waals surface area (Å²) in [5, 5.41) is 0.581. The molecule has 0 bridgehead atoms. The molecule has 2 rings (SSSR count). The van der Waals surface area contributed by atoms with Crippen LogP contribution in [0.5, 0.6) is 11.5 Å². The second kappa shape index (κ2) is 6.51. The molecule has 0 atom stereocenters. The number of alkyl halides is 1. The summed E-state index contributed by atoms with van der Waals surface area (Å²) >= 11 is 12.2. The van der Waals surface area contributed by atoms with E-state index in [1.54, 1.807) is 0 Å². The fourth-order valence-electron chi connectivity index (χ4n) is 1.97. The molecule has 0 saturated carbocycles. The molecule has 0 aliphatic heterocycles. The standard InChI is InChI=1S/C17H18Cl2O/c1-11(2)13-8-7-12(3)16(9-13)20-17-14(10-18)5-4-6-15(17)19/h4-9,11H,10H2,1-3H3. The van der Waals surface area contributed by atoms with Gasteiger partial charge in [0.05, 0.1) is 10.9 Å². The lowest BCUT2D eigenvalue weighted by Gasteiger charge is -2.15. The van der Waals surface area contributed by atoms with Crippen LogP contribution in [0.25, 0.3) is 0 Å². The summed E-state index contributed by atoms with van der Waals surface area (Å²) in [5.74, 6) is 2.30. The topological polar surface area (TPSA) is 9.23 Å². The lowest BCUT2D eigenvalue weighted by Crippen LogP contribution is -1.95. The third kappa shape index (κ3) is 3.28. The van der Waals surface area contributed by atoms with E-state index in [9.17, 15) is 0 Å². The quantitative estimate of drug-likeness (QED) is 0.602. The third-order valence-electron chi connectivity index (χ3n) is 3.28. The molecule has 0 N–H and O–H groups in total. The van der Waals surface area contributed by atoms with Gasteiger partial charge in [-0.3, -0.25) is 0 Å². The molecule has 0 heterocycles. The number of ether oxygens (including phenoxy) is 1. The molecule has 0 unspecified atom stereocenters. The monoisotopic (exact) mass is 308 g/mol. The van der Waals surface area contributed by atoms with Gasteiger partial charge in [-0.05, 0) is 36.1 Å². The Balaban J connectivity index is 2.42. The van der Waals surface area contributed by atoms with Crippen molar-refractivity contribution in [2.24, 2.45) is 0 Å². The van der Waals surface area contributed by atoms with Crippen LogP contribution in [0.4, 0.5) is 0 Å². The highest BCUT2D eigenvalue weighted by Crippen LogP contribution is 2.36. The van der Waals surface area contributed by atoms with Crippen molar-refractivity contribution >= 4 is 23.2 Å². The van der Waals surface area contributed by atoms with Crippen molar-refractivity contribution in [2.75, 3.05) is 0 Å². The van der Waals surface area contributed by atoms with E-state index in [0.717, 1.165) is 16.9 Å². The van der Waals surface area contributed by atoms with E-state index in [1.165, 1.54) is 5.56 Å². The van der Waals surface area contributed by atoms with Gasteiger partial charge in [-0.2, -0.15) is 0 Å². The van der Waals surface area contributed by atoms with Crippen LogP contribution in [0, 0.1) is 6.92 Å². The predicted molar refractivity (Wildman–Crippen MR) is 86.4 cm³/mol. The largest absolute Gasteiger partial charge is 0.455 e. The molecule has 20 heavy (non-hydrogen) atoms. The van der Waals surface area contributed by atoms with E-state index in [-0.39, 0.29) is 0 Å². The van der Waals surface area contributed by atoms with Gasteiger partial charge in [-0.1, -0.05) is 49.7 Å². The minimum atomic E-state index is 0.374. The predicted octanol–water partition coefficient (Wildman–Crippen LogP) is 6.30. The second-order valence-corrected chi connectivity index (χ2v) is 5.82. The molecule has 0 aliphatic carbocycles. The number of hydrogen-bond donors (Lipinski definition) is 0. The summed E-state index contributed by atoms with van der Waals surface area (Å²) in [6.07, 6.45) is 0. The fourth-order valence-corrected chi connectivity index (χ4v) is 2.41.